The second-order valence-electron chi connectivity index (χ2n) is 7.46. The van der Waals surface area contributed by atoms with Gasteiger partial charge < -0.3 is 0 Å². The summed E-state index contributed by atoms with van der Waals surface area (Å²) >= 11 is 0. The summed E-state index contributed by atoms with van der Waals surface area (Å²) in [6.07, 6.45) is 7.05. The summed E-state index contributed by atoms with van der Waals surface area (Å²) in [6.45, 7) is 9.21. The molecule has 1 unspecified atom stereocenters. The van der Waals surface area contributed by atoms with E-state index in [0.717, 1.165) is 5.92 Å². The highest BCUT2D eigenvalue weighted by atomic mass is 15.3. The minimum Gasteiger partial charge on any atom is -0.271 e. The van der Waals surface area contributed by atoms with E-state index >= 15 is 0 Å². The molecule has 20 heavy (non-hydrogen) atoms. The van der Waals surface area contributed by atoms with Crippen LogP contribution in [0.1, 0.15) is 63.8 Å². The molecular formula is C16H30N4. The third kappa shape index (κ3) is 3.07. The molecule has 1 heterocycles. The van der Waals surface area contributed by atoms with Crippen LogP contribution in [0, 0.1) is 24.2 Å². The van der Waals surface area contributed by atoms with Crippen molar-refractivity contribution >= 4 is 0 Å². The number of nitrogens with two attached hydrogens (primary N) is 1. The maximum atomic E-state index is 5.86. The van der Waals surface area contributed by atoms with Crippen molar-refractivity contribution in [3.63, 3.8) is 0 Å². The Morgan fingerprint density at radius 1 is 1.30 bits per heavy atom. The van der Waals surface area contributed by atoms with Crippen molar-refractivity contribution < 1.29 is 0 Å². The van der Waals surface area contributed by atoms with Crippen LogP contribution in [-0.2, 0) is 7.05 Å². The van der Waals surface area contributed by atoms with E-state index in [0.29, 0.717) is 11.3 Å². The second-order valence-corrected chi connectivity index (χ2v) is 7.46. The van der Waals surface area contributed by atoms with Gasteiger partial charge in [0.1, 0.15) is 0 Å². The van der Waals surface area contributed by atoms with Crippen LogP contribution in [0.3, 0.4) is 0 Å². The summed E-state index contributed by atoms with van der Waals surface area (Å²) < 4.78 is 1.97. The predicted molar refractivity (Wildman–Crippen MR) is 82.9 cm³/mol. The first-order valence-electron chi connectivity index (χ1n) is 7.79. The van der Waals surface area contributed by atoms with Crippen molar-refractivity contribution in [1.29, 1.82) is 0 Å². The first kappa shape index (κ1) is 15.5. The summed E-state index contributed by atoms with van der Waals surface area (Å²) in [5.41, 5.74) is 5.95. The SMILES string of the molecule is Cc1cnn(C)c1C(NN)C1CCC(C(C)(C)C)CC1. The van der Waals surface area contributed by atoms with Gasteiger partial charge >= 0.3 is 0 Å². The smallest absolute Gasteiger partial charge is 0.0659 e. The molecule has 0 spiro atoms. The lowest BCUT2D eigenvalue weighted by Gasteiger charge is -2.39. The number of nitrogens with one attached hydrogen (secondary N) is 1. The molecule has 114 valence electrons. The zero-order valence-electron chi connectivity index (χ0n) is 13.6. The van der Waals surface area contributed by atoms with E-state index in [1.807, 2.05) is 17.9 Å². The van der Waals surface area contributed by atoms with Crippen molar-refractivity contribution in [1.82, 2.24) is 15.2 Å². The van der Waals surface area contributed by atoms with Crippen LogP contribution in [0.15, 0.2) is 6.20 Å². The van der Waals surface area contributed by atoms with Gasteiger partial charge in [-0.25, -0.2) is 0 Å². The third-order valence-corrected chi connectivity index (χ3v) is 5.12. The highest BCUT2D eigenvalue weighted by Gasteiger charge is 2.34. The summed E-state index contributed by atoms with van der Waals surface area (Å²) in [7, 11) is 2.01. The van der Waals surface area contributed by atoms with Crippen LogP contribution in [0.2, 0.25) is 0 Å². The van der Waals surface area contributed by atoms with Gasteiger partial charge in [-0.2, -0.15) is 5.10 Å². The van der Waals surface area contributed by atoms with E-state index in [-0.39, 0.29) is 6.04 Å². The van der Waals surface area contributed by atoms with E-state index < -0.39 is 0 Å². The Kier molecular flexibility index (Phi) is 4.55. The topological polar surface area (TPSA) is 55.9 Å². The standard InChI is InChI=1S/C16H30N4/c1-11-10-18-20(5)15(11)14(19-17)12-6-8-13(9-7-12)16(2,3)4/h10,12-14,19H,6-9,17H2,1-5H3. The summed E-state index contributed by atoms with van der Waals surface area (Å²) in [4.78, 5) is 0. The Balaban J connectivity index is 2.08. The van der Waals surface area contributed by atoms with Crippen LogP contribution in [0.5, 0.6) is 0 Å². The fourth-order valence-corrected chi connectivity index (χ4v) is 3.76. The lowest BCUT2D eigenvalue weighted by atomic mass is 9.68. The van der Waals surface area contributed by atoms with E-state index in [1.54, 1.807) is 0 Å². The molecule has 1 saturated carbocycles. The molecule has 1 aromatic heterocycles. The van der Waals surface area contributed by atoms with E-state index in [2.05, 4.69) is 38.2 Å². The minimum atomic E-state index is 0.225. The zero-order valence-corrected chi connectivity index (χ0v) is 13.6. The largest absolute Gasteiger partial charge is 0.271 e. The van der Waals surface area contributed by atoms with Gasteiger partial charge in [0, 0.05) is 7.05 Å². The van der Waals surface area contributed by atoms with E-state index in [1.165, 1.54) is 36.9 Å². The lowest BCUT2D eigenvalue weighted by Crippen LogP contribution is -2.38. The average molecular weight is 278 g/mol. The molecule has 0 aromatic carbocycles. The molecule has 0 bridgehead atoms. The molecular weight excluding hydrogens is 248 g/mol. The predicted octanol–water partition coefficient (Wildman–Crippen LogP) is 3.09. The van der Waals surface area contributed by atoms with Crippen molar-refractivity contribution in [2.24, 2.45) is 30.1 Å². The number of nitrogens with zero attached hydrogens (tertiary/aromatic N) is 2. The van der Waals surface area contributed by atoms with Crippen LogP contribution >= 0.6 is 0 Å². The molecule has 0 amide bonds. The normalized spacial score (nSPS) is 25.7. The van der Waals surface area contributed by atoms with Crippen molar-refractivity contribution in [3.8, 4) is 0 Å². The molecule has 0 aliphatic heterocycles. The Morgan fingerprint density at radius 2 is 1.90 bits per heavy atom. The molecule has 1 aliphatic rings. The molecule has 1 fully saturated rings. The molecule has 4 heteroatoms. The summed E-state index contributed by atoms with van der Waals surface area (Å²) in [5, 5.41) is 4.36. The number of hydrogen-bond donors (Lipinski definition) is 2. The number of aryl methyl sites for hydroxylation is 2. The average Bonchev–Trinajstić information content (AvgIpc) is 2.71. The third-order valence-electron chi connectivity index (χ3n) is 5.12. The maximum Gasteiger partial charge on any atom is 0.0659 e. The molecule has 1 aliphatic carbocycles. The molecule has 1 aromatic rings. The highest BCUT2D eigenvalue weighted by molar-refractivity contribution is 5.20. The monoisotopic (exact) mass is 278 g/mol. The van der Waals surface area contributed by atoms with Gasteiger partial charge in [-0.15, -0.1) is 0 Å². The van der Waals surface area contributed by atoms with E-state index in [4.69, 9.17) is 5.84 Å². The van der Waals surface area contributed by atoms with Crippen molar-refractivity contribution in [2.75, 3.05) is 0 Å². The van der Waals surface area contributed by atoms with Crippen LogP contribution in [0.25, 0.3) is 0 Å². The summed E-state index contributed by atoms with van der Waals surface area (Å²) in [6, 6.07) is 0.225. The first-order chi connectivity index (χ1) is 9.34. The Bertz CT molecular complexity index is 416. The lowest BCUT2D eigenvalue weighted by molar-refractivity contribution is 0.131. The molecule has 1 atom stereocenters. The number of rotatable bonds is 3. The van der Waals surface area contributed by atoms with Gasteiger partial charge in [-0.1, -0.05) is 20.8 Å². The zero-order chi connectivity index (χ0) is 14.9. The fraction of sp³-hybridized carbons (Fsp3) is 0.812. The number of hydrogen-bond acceptors (Lipinski definition) is 3. The van der Waals surface area contributed by atoms with Gasteiger partial charge in [0.2, 0.25) is 0 Å². The van der Waals surface area contributed by atoms with Gasteiger partial charge in [0.15, 0.2) is 0 Å². The maximum absolute atomic E-state index is 5.86. The van der Waals surface area contributed by atoms with Crippen LogP contribution < -0.4 is 11.3 Å². The van der Waals surface area contributed by atoms with Gasteiger partial charge in [0.05, 0.1) is 17.9 Å². The molecule has 2 rings (SSSR count). The Labute approximate surface area is 123 Å². The first-order valence-corrected chi connectivity index (χ1v) is 7.79. The Hall–Kier alpha value is -0.870. The van der Waals surface area contributed by atoms with E-state index in [9.17, 15) is 0 Å². The van der Waals surface area contributed by atoms with Crippen LogP contribution in [0.4, 0.5) is 0 Å². The molecule has 3 N–H and O–H groups in total. The highest BCUT2D eigenvalue weighted by Crippen LogP contribution is 2.43. The molecule has 4 nitrogen and oxygen atoms in total. The summed E-state index contributed by atoms with van der Waals surface area (Å²) in [5.74, 6) is 7.32. The quantitative estimate of drug-likeness (QED) is 0.660. The second kappa shape index (κ2) is 5.86. The number of hydrazine groups is 1. The van der Waals surface area contributed by atoms with Crippen molar-refractivity contribution in [2.45, 2.75) is 59.4 Å². The van der Waals surface area contributed by atoms with Gasteiger partial charge in [-0.3, -0.25) is 16.0 Å². The molecule has 0 saturated heterocycles. The Morgan fingerprint density at radius 3 is 2.30 bits per heavy atom. The molecule has 0 radical (unpaired) electrons. The van der Waals surface area contributed by atoms with Gasteiger partial charge in [0.25, 0.3) is 0 Å². The minimum absolute atomic E-state index is 0.225. The fourth-order valence-electron chi connectivity index (χ4n) is 3.76. The van der Waals surface area contributed by atoms with Crippen molar-refractivity contribution in [3.05, 3.63) is 17.5 Å². The van der Waals surface area contributed by atoms with Gasteiger partial charge in [-0.05, 0) is 55.4 Å². The number of aromatic nitrogens is 2. The van der Waals surface area contributed by atoms with Crippen LogP contribution in [-0.4, -0.2) is 9.78 Å².